The lowest BCUT2D eigenvalue weighted by atomic mass is 10.1. The molecule has 17 heavy (non-hydrogen) atoms. The Kier molecular flexibility index (Phi) is 7.49. The highest BCUT2D eigenvalue weighted by molar-refractivity contribution is 5.79. The van der Waals surface area contributed by atoms with Gasteiger partial charge >= 0.3 is 5.97 Å². The molecule has 0 aliphatic heterocycles. The number of esters is 1. The molecule has 0 aliphatic carbocycles. The van der Waals surface area contributed by atoms with E-state index in [1.54, 1.807) is 13.8 Å². The van der Waals surface area contributed by atoms with Crippen molar-refractivity contribution in [2.75, 3.05) is 33.9 Å². The van der Waals surface area contributed by atoms with Crippen molar-refractivity contribution < 1.29 is 24.2 Å². The van der Waals surface area contributed by atoms with Crippen LogP contribution in [0.25, 0.3) is 0 Å². The summed E-state index contributed by atoms with van der Waals surface area (Å²) in [5.41, 5.74) is 0. The van der Waals surface area contributed by atoms with E-state index in [-0.39, 0.29) is 31.6 Å². The van der Waals surface area contributed by atoms with Crippen LogP contribution in [0.4, 0.5) is 0 Å². The molecule has 6 heteroatoms. The maximum Gasteiger partial charge on any atom is 0.310 e. The Hall–Kier alpha value is -1.14. The Balaban J connectivity index is 4.47. The van der Waals surface area contributed by atoms with Gasteiger partial charge in [-0.1, -0.05) is 6.92 Å². The summed E-state index contributed by atoms with van der Waals surface area (Å²) in [5, 5.41) is 9.30. The molecule has 0 fully saturated rings. The Morgan fingerprint density at radius 1 is 1.24 bits per heavy atom. The number of hydrogen-bond acceptors (Lipinski definition) is 5. The van der Waals surface area contributed by atoms with E-state index < -0.39 is 12.0 Å². The van der Waals surface area contributed by atoms with Crippen molar-refractivity contribution in [1.82, 2.24) is 4.90 Å². The highest BCUT2D eigenvalue weighted by atomic mass is 16.5. The van der Waals surface area contributed by atoms with Gasteiger partial charge in [0.1, 0.15) is 6.61 Å². The van der Waals surface area contributed by atoms with Gasteiger partial charge in [-0.25, -0.2) is 0 Å². The minimum atomic E-state index is -0.652. The molecule has 0 rings (SSSR count). The lowest BCUT2D eigenvalue weighted by molar-refractivity contribution is -0.147. The molecular weight excluding hydrogens is 226 g/mol. The van der Waals surface area contributed by atoms with Gasteiger partial charge in [-0.3, -0.25) is 9.59 Å². The Bertz CT molecular complexity index is 254. The van der Waals surface area contributed by atoms with Crippen LogP contribution in [-0.2, 0) is 19.1 Å². The molecule has 0 radical (unpaired) electrons. The SMILES string of the molecule is COCC(=O)N(CC(C)O)CC(C)C(=O)OC. The minimum absolute atomic E-state index is 0.0688. The monoisotopic (exact) mass is 247 g/mol. The van der Waals surface area contributed by atoms with Crippen LogP contribution < -0.4 is 0 Å². The van der Waals surface area contributed by atoms with Crippen molar-refractivity contribution in [2.24, 2.45) is 5.92 Å². The molecule has 0 saturated heterocycles. The number of aliphatic hydroxyl groups is 1. The zero-order chi connectivity index (χ0) is 13.4. The molecule has 0 aromatic rings. The van der Waals surface area contributed by atoms with E-state index in [4.69, 9.17) is 4.74 Å². The molecule has 0 aromatic heterocycles. The third kappa shape index (κ3) is 6.23. The number of hydrogen-bond donors (Lipinski definition) is 1. The number of carbonyl (C=O) groups excluding carboxylic acids is 2. The van der Waals surface area contributed by atoms with Crippen LogP contribution in [0.5, 0.6) is 0 Å². The van der Waals surface area contributed by atoms with Gasteiger partial charge in [0.05, 0.1) is 19.1 Å². The normalized spacial score (nSPS) is 13.9. The first-order valence-electron chi connectivity index (χ1n) is 5.45. The van der Waals surface area contributed by atoms with Crippen LogP contribution >= 0.6 is 0 Å². The topological polar surface area (TPSA) is 76.1 Å². The summed E-state index contributed by atoms with van der Waals surface area (Å²) in [4.78, 5) is 24.3. The Morgan fingerprint density at radius 2 is 1.82 bits per heavy atom. The van der Waals surface area contributed by atoms with E-state index in [9.17, 15) is 14.7 Å². The van der Waals surface area contributed by atoms with Crippen molar-refractivity contribution in [1.29, 1.82) is 0 Å². The molecule has 0 heterocycles. The lowest BCUT2D eigenvalue weighted by Crippen LogP contribution is -2.42. The van der Waals surface area contributed by atoms with Gasteiger partial charge in [0, 0.05) is 20.2 Å². The second kappa shape index (κ2) is 8.03. The predicted molar refractivity (Wildman–Crippen MR) is 61.3 cm³/mol. The summed E-state index contributed by atoms with van der Waals surface area (Å²) in [6.07, 6.45) is -0.652. The molecule has 2 unspecified atom stereocenters. The zero-order valence-corrected chi connectivity index (χ0v) is 10.8. The summed E-state index contributed by atoms with van der Waals surface area (Å²) in [5.74, 6) is -1.07. The third-order valence-corrected chi connectivity index (χ3v) is 2.20. The van der Waals surface area contributed by atoms with E-state index in [0.29, 0.717) is 0 Å². The fourth-order valence-electron chi connectivity index (χ4n) is 1.42. The standard InChI is InChI=1S/C11H21NO5/c1-8(11(15)17-4)5-12(6-9(2)13)10(14)7-16-3/h8-9,13H,5-7H2,1-4H3. The number of amides is 1. The second-order valence-corrected chi connectivity index (χ2v) is 4.00. The van der Waals surface area contributed by atoms with E-state index in [2.05, 4.69) is 4.74 Å². The highest BCUT2D eigenvalue weighted by Crippen LogP contribution is 2.04. The molecule has 100 valence electrons. The first-order valence-corrected chi connectivity index (χ1v) is 5.45. The van der Waals surface area contributed by atoms with Gasteiger partial charge in [-0.05, 0) is 6.92 Å². The summed E-state index contributed by atoms with van der Waals surface area (Å²) in [6.45, 7) is 3.56. The second-order valence-electron chi connectivity index (χ2n) is 4.00. The van der Waals surface area contributed by atoms with E-state index >= 15 is 0 Å². The zero-order valence-electron chi connectivity index (χ0n) is 10.8. The molecule has 0 aromatic carbocycles. The number of rotatable bonds is 7. The van der Waals surface area contributed by atoms with Crippen molar-refractivity contribution in [3.63, 3.8) is 0 Å². The number of ether oxygens (including phenoxy) is 2. The maximum atomic E-state index is 11.7. The summed E-state index contributed by atoms with van der Waals surface area (Å²) in [7, 11) is 2.72. The molecular formula is C11H21NO5. The van der Waals surface area contributed by atoms with E-state index in [1.165, 1.54) is 19.1 Å². The van der Waals surface area contributed by atoms with Crippen LogP contribution in [0.3, 0.4) is 0 Å². The number of methoxy groups -OCH3 is 2. The van der Waals surface area contributed by atoms with E-state index in [1.807, 2.05) is 0 Å². The van der Waals surface area contributed by atoms with E-state index in [0.717, 1.165) is 0 Å². The number of aliphatic hydroxyl groups excluding tert-OH is 1. The summed E-state index contributed by atoms with van der Waals surface area (Å²) < 4.78 is 9.33. The largest absolute Gasteiger partial charge is 0.469 e. The van der Waals surface area contributed by atoms with Gasteiger partial charge in [0.2, 0.25) is 5.91 Å². The quantitative estimate of drug-likeness (QED) is 0.622. The molecule has 0 saturated carbocycles. The van der Waals surface area contributed by atoms with Crippen LogP contribution in [0, 0.1) is 5.92 Å². The van der Waals surface area contributed by atoms with Crippen molar-refractivity contribution in [2.45, 2.75) is 20.0 Å². The third-order valence-electron chi connectivity index (χ3n) is 2.20. The Morgan fingerprint density at radius 3 is 2.24 bits per heavy atom. The molecule has 1 N–H and O–H groups in total. The first kappa shape index (κ1) is 15.9. The van der Waals surface area contributed by atoms with Crippen molar-refractivity contribution in [3.05, 3.63) is 0 Å². The maximum absolute atomic E-state index is 11.7. The molecule has 6 nitrogen and oxygen atoms in total. The van der Waals surface area contributed by atoms with Crippen LogP contribution in [0.15, 0.2) is 0 Å². The first-order chi connectivity index (χ1) is 7.92. The summed E-state index contributed by atoms with van der Waals surface area (Å²) in [6, 6.07) is 0. The molecule has 0 spiro atoms. The van der Waals surface area contributed by atoms with Gasteiger partial charge < -0.3 is 19.5 Å². The van der Waals surface area contributed by atoms with Gasteiger partial charge in [-0.2, -0.15) is 0 Å². The molecule has 0 aliphatic rings. The van der Waals surface area contributed by atoms with Gasteiger partial charge in [0.15, 0.2) is 0 Å². The average Bonchev–Trinajstić information content (AvgIpc) is 2.26. The van der Waals surface area contributed by atoms with Crippen LogP contribution in [0.2, 0.25) is 0 Å². The molecule has 0 bridgehead atoms. The Labute approximate surface area is 101 Å². The van der Waals surface area contributed by atoms with Crippen LogP contribution in [-0.4, -0.2) is 61.9 Å². The smallest absolute Gasteiger partial charge is 0.310 e. The van der Waals surface area contributed by atoms with Gasteiger partial charge in [0.25, 0.3) is 0 Å². The van der Waals surface area contributed by atoms with Crippen LogP contribution in [0.1, 0.15) is 13.8 Å². The molecule has 1 amide bonds. The fraction of sp³-hybridized carbons (Fsp3) is 0.818. The summed E-state index contributed by atoms with van der Waals surface area (Å²) >= 11 is 0. The molecule has 2 atom stereocenters. The van der Waals surface area contributed by atoms with Gasteiger partial charge in [-0.15, -0.1) is 0 Å². The fourth-order valence-corrected chi connectivity index (χ4v) is 1.42. The van der Waals surface area contributed by atoms with Crippen molar-refractivity contribution in [3.8, 4) is 0 Å². The minimum Gasteiger partial charge on any atom is -0.469 e. The van der Waals surface area contributed by atoms with Crippen molar-refractivity contribution >= 4 is 11.9 Å². The number of carbonyl (C=O) groups is 2. The predicted octanol–water partition coefficient (Wildman–Crippen LogP) is -0.349. The number of nitrogens with zero attached hydrogens (tertiary/aromatic N) is 1. The lowest BCUT2D eigenvalue weighted by Gasteiger charge is -2.25. The average molecular weight is 247 g/mol. The highest BCUT2D eigenvalue weighted by Gasteiger charge is 2.22.